The van der Waals surface area contributed by atoms with Gasteiger partial charge in [0, 0.05) is 25.0 Å². The summed E-state index contributed by atoms with van der Waals surface area (Å²) in [5.74, 6) is 1.59. The van der Waals surface area contributed by atoms with Gasteiger partial charge in [-0.3, -0.25) is 4.79 Å². The molecule has 0 saturated carbocycles. The van der Waals surface area contributed by atoms with Crippen molar-refractivity contribution in [2.24, 2.45) is 5.92 Å². The highest BCUT2D eigenvalue weighted by molar-refractivity contribution is 5.64. The predicted octanol–water partition coefficient (Wildman–Crippen LogP) is 4.03. The van der Waals surface area contributed by atoms with Crippen molar-refractivity contribution >= 4 is 23.7 Å². The number of carbonyl (C=O) groups is 1. The Bertz CT molecular complexity index is 867. The lowest BCUT2D eigenvalue weighted by molar-refractivity contribution is -0.115. The smallest absolute Gasteiger partial charge is 0.225 e. The van der Waals surface area contributed by atoms with E-state index in [2.05, 4.69) is 60.2 Å². The summed E-state index contributed by atoms with van der Waals surface area (Å²) >= 11 is 0. The molecule has 2 aliphatic heterocycles. The summed E-state index contributed by atoms with van der Waals surface area (Å²) in [5, 5.41) is 3.41. The Balaban J connectivity index is 1.46. The Hall–Kier alpha value is -2.67. The van der Waals surface area contributed by atoms with Gasteiger partial charge in [-0.2, -0.15) is 4.98 Å². The normalized spacial score (nSPS) is 22.6. The van der Waals surface area contributed by atoms with Gasteiger partial charge in [-0.05, 0) is 55.9 Å². The fraction of sp³-hybridized carbons (Fsp3) is 0.542. The van der Waals surface area contributed by atoms with Gasteiger partial charge in [0.1, 0.15) is 5.82 Å². The number of aromatic nitrogens is 2. The predicted molar refractivity (Wildman–Crippen MR) is 123 cm³/mol. The van der Waals surface area contributed by atoms with Crippen LogP contribution in [0.15, 0.2) is 36.5 Å². The topological polar surface area (TPSA) is 70.6 Å². The van der Waals surface area contributed by atoms with Gasteiger partial charge in [-0.15, -0.1) is 0 Å². The minimum absolute atomic E-state index is 0.0586. The molecule has 1 N–H and O–H groups in total. The lowest BCUT2D eigenvalue weighted by Gasteiger charge is -2.29. The third kappa shape index (κ3) is 4.82. The number of nitrogens with one attached hydrogen (secondary N) is 1. The van der Waals surface area contributed by atoms with Crippen LogP contribution in [0, 0.1) is 5.92 Å². The molecule has 0 bridgehead atoms. The van der Waals surface area contributed by atoms with E-state index in [-0.39, 0.29) is 12.1 Å². The van der Waals surface area contributed by atoms with Gasteiger partial charge in [-0.25, -0.2) is 4.98 Å². The molecule has 2 aromatic rings. The maximum absolute atomic E-state index is 11.5. The highest BCUT2D eigenvalue weighted by Crippen LogP contribution is 2.29. The highest BCUT2D eigenvalue weighted by Gasteiger charge is 2.37. The van der Waals surface area contributed by atoms with Crippen molar-refractivity contribution in [1.29, 1.82) is 0 Å². The first-order valence-corrected chi connectivity index (χ1v) is 11.4. The summed E-state index contributed by atoms with van der Waals surface area (Å²) < 4.78 is 5.67. The van der Waals surface area contributed by atoms with Crippen LogP contribution < -0.4 is 15.1 Å². The number of carbonyl (C=O) groups excluding carboxylic acids is 1. The van der Waals surface area contributed by atoms with Crippen molar-refractivity contribution in [3.63, 3.8) is 0 Å². The quantitative estimate of drug-likeness (QED) is 0.674. The molecule has 4 rings (SSSR count). The summed E-state index contributed by atoms with van der Waals surface area (Å²) in [4.78, 5) is 25.0. The molecule has 3 heterocycles. The zero-order valence-corrected chi connectivity index (χ0v) is 18.7. The minimum atomic E-state index is -0.602. The zero-order valence-electron chi connectivity index (χ0n) is 18.7. The molecule has 1 aromatic carbocycles. The van der Waals surface area contributed by atoms with Crippen LogP contribution >= 0.6 is 0 Å². The van der Waals surface area contributed by atoms with E-state index in [0.717, 1.165) is 19.4 Å². The number of rotatable bonds is 7. The number of anilines is 3. The van der Waals surface area contributed by atoms with Gasteiger partial charge in [-0.1, -0.05) is 26.0 Å². The van der Waals surface area contributed by atoms with Crippen LogP contribution in [0.2, 0.25) is 0 Å². The molecule has 2 saturated heterocycles. The molecule has 0 aliphatic carbocycles. The Morgan fingerprint density at radius 1 is 1.10 bits per heavy atom. The third-order valence-electron chi connectivity index (χ3n) is 6.32. The second kappa shape index (κ2) is 9.64. The summed E-state index contributed by atoms with van der Waals surface area (Å²) in [7, 11) is 0. The maximum Gasteiger partial charge on any atom is 0.225 e. The second-order valence-electron chi connectivity index (χ2n) is 8.82. The van der Waals surface area contributed by atoms with Gasteiger partial charge in [0.05, 0.1) is 18.7 Å². The molecule has 1 aromatic heterocycles. The van der Waals surface area contributed by atoms with E-state index in [1.54, 1.807) is 6.20 Å². The van der Waals surface area contributed by atoms with Crippen molar-refractivity contribution < 1.29 is 9.53 Å². The number of hydrogen-bond donors (Lipinski definition) is 1. The Morgan fingerprint density at radius 3 is 2.52 bits per heavy atom. The number of nitrogens with zero attached hydrogens (tertiary/aromatic N) is 4. The van der Waals surface area contributed by atoms with Crippen LogP contribution in [-0.2, 0) is 9.53 Å². The molecule has 3 atom stereocenters. The van der Waals surface area contributed by atoms with E-state index >= 15 is 0 Å². The zero-order chi connectivity index (χ0) is 21.8. The minimum Gasteiger partial charge on any atom is -0.372 e. The van der Waals surface area contributed by atoms with Crippen LogP contribution in [-0.4, -0.2) is 48.2 Å². The van der Waals surface area contributed by atoms with Crippen molar-refractivity contribution in [3.05, 3.63) is 42.1 Å². The second-order valence-corrected chi connectivity index (χ2v) is 8.82. The summed E-state index contributed by atoms with van der Waals surface area (Å²) in [6.07, 6.45) is 5.85. The van der Waals surface area contributed by atoms with E-state index < -0.39 is 6.23 Å². The molecular weight excluding hydrogens is 390 g/mol. The number of hydrogen-bond acceptors (Lipinski definition) is 7. The van der Waals surface area contributed by atoms with Gasteiger partial charge in [0.25, 0.3) is 0 Å². The Kier molecular flexibility index (Phi) is 6.70. The molecule has 166 valence electrons. The fourth-order valence-corrected chi connectivity index (χ4v) is 4.43. The van der Waals surface area contributed by atoms with Gasteiger partial charge in [0.2, 0.25) is 5.95 Å². The van der Waals surface area contributed by atoms with E-state index in [4.69, 9.17) is 9.72 Å². The van der Waals surface area contributed by atoms with E-state index in [0.29, 0.717) is 24.3 Å². The largest absolute Gasteiger partial charge is 0.372 e. The van der Waals surface area contributed by atoms with Crippen LogP contribution in [0.3, 0.4) is 0 Å². The Morgan fingerprint density at radius 2 is 1.84 bits per heavy atom. The molecule has 0 amide bonds. The molecule has 31 heavy (non-hydrogen) atoms. The number of benzene rings is 1. The Labute approximate surface area is 184 Å². The van der Waals surface area contributed by atoms with Crippen LogP contribution in [0.4, 0.5) is 17.5 Å². The average molecular weight is 424 g/mol. The summed E-state index contributed by atoms with van der Waals surface area (Å²) in [5.41, 5.74) is 2.48. The van der Waals surface area contributed by atoms with Crippen molar-refractivity contribution in [2.45, 2.75) is 58.3 Å². The molecule has 0 spiro atoms. The molecule has 7 nitrogen and oxygen atoms in total. The molecule has 7 heteroatoms. The van der Waals surface area contributed by atoms with Crippen LogP contribution in [0.25, 0.3) is 0 Å². The number of piperidine rings is 1. The van der Waals surface area contributed by atoms with E-state index in [1.807, 2.05) is 11.0 Å². The first kappa shape index (κ1) is 21.6. The number of ether oxygens (including phenoxy) is 1. The first-order valence-electron chi connectivity index (χ1n) is 11.4. The summed E-state index contributed by atoms with van der Waals surface area (Å²) in [6.45, 7) is 9.18. The molecule has 0 radical (unpaired) electrons. The van der Waals surface area contributed by atoms with Crippen molar-refractivity contribution in [3.8, 4) is 0 Å². The molecule has 2 unspecified atom stereocenters. The van der Waals surface area contributed by atoms with Gasteiger partial charge < -0.3 is 19.9 Å². The molecule has 2 fully saturated rings. The average Bonchev–Trinajstić information content (AvgIpc) is 3.25. The van der Waals surface area contributed by atoms with Crippen LogP contribution in [0.1, 0.15) is 51.6 Å². The fourth-order valence-electron chi connectivity index (χ4n) is 4.43. The van der Waals surface area contributed by atoms with Gasteiger partial charge in [0.15, 0.2) is 12.5 Å². The molecule has 2 aliphatic rings. The lowest BCUT2D eigenvalue weighted by Crippen LogP contribution is -2.41. The molecular formula is C24H33N5O2. The summed E-state index contributed by atoms with van der Waals surface area (Å²) in [6, 6.07) is 10.8. The van der Waals surface area contributed by atoms with E-state index in [1.165, 1.54) is 30.5 Å². The standard InChI is InChI=1S/C24H33N5O2/c1-17(2)21-16-31-23(15-30)29(21)22-11-12-25-24(27-22)26-18(3)19-7-9-20(10-8-19)28-13-5-4-6-14-28/h7-12,15,17-18,21,23H,4-6,13-14,16H2,1-3H3,(H,25,26,27)/t18-,21?,23?/m0/s1. The maximum atomic E-state index is 11.5. The van der Waals surface area contributed by atoms with E-state index in [9.17, 15) is 4.79 Å². The highest BCUT2D eigenvalue weighted by atomic mass is 16.5. The third-order valence-corrected chi connectivity index (χ3v) is 6.32. The van der Waals surface area contributed by atoms with Crippen molar-refractivity contribution in [1.82, 2.24) is 9.97 Å². The van der Waals surface area contributed by atoms with Crippen molar-refractivity contribution in [2.75, 3.05) is 34.8 Å². The first-order chi connectivity index (χ1) is 15.1. The number of aldehydes is 1. The monoisotopic (exact) mass is 423 g/mol. The van der Waals surface area contributed by atoms with Crippen LogP contribution in [0.5, 0.6) is 0 Å². The lowest BCUT2D eigenvalue weighted by atomic mass is 10.0. The SMILES string of the molecule is CC(C)C1COC(C=O)N1c1ccnc(N[C@@H](C)c2ccc(N3CCCCC3)cc2)n1. The van der Waals surface area contributed by atoms with Gasteiger partial charge >= 0.3 is 0 Å².